The SMILES string of the molecule is C=C1NC(=O)N[C@H](c2ccc(C)cc2C)[C@@H]1C(=O)c1ccccc1. The largest absolute Gasteiger partial charge is 0.330 e. The summed E-state index contributed by atoms with van der Waals surface area (Å²) in [5.41, 5.74) is 4.15. The van der Waals surface area contributed by atoms with Gasteiger partial charge < -0.3 is 10.6 Å². The smallest absolute Gasteiger partial charge is 0.319 e. The minimum Gasteiger partial charge on any atom is -0.330 e. The zero-order chi connectivity index (χ0) is 17.3. The molecule has 2 atom stereocenters. The van der Waals surface area contributed by atoms with Crippen LogP contribution in [-0.2, 0) is 0 Å². The second-order valence-electron chi connectivity index (χ2n) is 6.17. The maximum atomic E-state index is 13.0. The van der Waals surface area contributed by atoms with Crippen molar-refractivity contribution in [3.63, 3.8) is 0 Å². The van der Waals surface area contributed by atoms with Gasteiger partial charge in [0.25, 0.3) is 0 Å². The Kier molecular flexibility index (Phi) is 4.21. The molecule has 0 unspecified atom stereocenters. The number of hydrogen-bond donors (Lipinski definition) is 2. The lowest BCUT2D eigenvalue weighted by Crippen LogP contribution is -2.50. The average Bonchev–Trinajstić information content (AvgIpc) is 2.54. The molecule has 0 aliphatic carbocycles. The van der Waals surface area contributed by atoms with Crippen molar-refractivity contribution >= 4 is 11.8 Å². The number of urea groups is 1. The van der Waals surface area contributed by atoms with Gasteiger partial charge in [0.05, 0.1) is 12.0 Å². The summed E-state index contributed by atoms with van der Waals surface area (Å²) < 4.78 is 0. The Labute approximate surface area is 141 Å². The Balaban J connectivity index is 2.04. The molecule has 2 aromatic rings. The third kappa shape index (κ3) is 2.95. The zero-order valence-corrected chi connectivity index (χ0v) is 13.8. The first kappa shape index (κ1) is 16.0. The van der Waals surface area contributed by atoms with Crippen molar-refractivity contribution in [2.75, 3.05) is 0 Å². The minimum atomic E-state index is -0.550. The molecule has 1 aliphatic heterocycles. The van der Waals surface area contributed by atoms with Gasteiger partial charge in [0.1, 0.15) is 0 Å². The van der Waals surface area contributed by atoms with E-state index < -0.39 is 12.0 Å². The molecule has 2 aromatic carbocycles. The predicted molar refractivity (Wildman–Crippen MR) is 93.7 cm³/mol. The average molecular weight is 320 g/mol. The van der Waals surface area contributed by atoms with E-state index in [0.717, 1.165) is 16.7 Å². The number of benzene rings is 2. The molecule has 1 aliphatic rings. The molecule has 2 amide bonds. The lowest BCUT2D eigenvalue weighted by molar-refractivity contribution is 0.0905. The van der Waals surface area contributed by atoms with E-state index in [1.165, 1.54) is 0 Å². The number of hydrogen-bond acceptors (Lipinski definition) is 2. The molecule has 3 rings (SSSR count). The first-order valence-corrected chi connectivity index (χ1v) is 7.90. The fraction of sp³-hybridized carbons (Fsp3) is 0.200. The van der Waals surface area contributed by atoms with Crippen molar-refractivity contribution in [2.24, 2.45) is 5.92 Å². The molecule has 122 valence electrons. The Bertz CT molecular complexity index is 812. The first-order valence-electron chi connectivity index (χ1n) is 7.90. The Morgan fingerprint density at radius 3 is 2.46 bits per heavy atom. The highest BCUT2D eigenvalue weighted by atomic mass is 16.2. The summed E-state index contributed by atoms with van der Waals surface area (Å²) in [6.07, 6.45) is 0. The van der Waals surface area contributed by atoms with Gasteiger partial charge in [-0.2, -0.15) is 0 Å². The fourth-order valence-electron chi connectivity index (χ4n) is 3.21. The molecular formula is C20H20N2O2. The Morgan fingerprint density at radius 1 is 1.08 bits per heavy atom. The summed E-state index contributed by atoms with van der Waals surface area (Å²) in [6.45, 7) is 7.93. The minimum absolute atomic E-state index is 0.0573. The first-order chi connectivity index (χ1) is 11.5. The lowest BCUT2D eigenvalue weighted by atomic mass is 9.82. The van der Waals surface area contributed by atoms with Gasteiger partial charge in [-0.15, -0.1) is 0 Å². The van der Waals surface area contributed by atoms with Crippen LogP contribution in [0.4, 0.5) is 4.79 Å². The maximum absolute atomic E-state index is 13.0. The summed E-state index contributed by atoms with van der Waals surface area (Å²) in [5.74, 6) is -0.607. The van der Waals surface area contributed by atoms with Crippen LogP contribution in [0.5, 0.6) is 0 Å². The van der Waals surface area contributed by atoms with Crippen molar-refractivity contribution in [3.8, 4) is 0 Å². The normalized spacial score (nSPS) is 20.2. The molecule has 1 saturated heterocycles. The third-order valence-corrected chi connectivity index (χ3v) is 4.37. The number of carbonyl (C=O) groups excluding carboxylic acids is 2. The van der Waals surface area contributed by atoms with Crippen LogP contribution >= 0.6 is 0 Å². The van der Waals surface area contributed by atoms with Crippen LogP contribution in [0.25, 0.3) is 0 Å². The van der Waals surface area contributed by atoms with Gasteiger partial charge in [-0.1, -0.05) is 60.7 Å². The molecule has 1 fully saturated rings. The van der Waals surface area contributed by atoms with Gasteiger partial charge in [-0.3, -0.25) is 4.79 Å². The van der Waals surface area contributed by atoms with Gasteiger partial charge >= 0.3 is 6.03 Å². The van der Waals surface area contributed by atoms with E-state index in [2.05, 4.69) is 23.3 Å². The van der Waals surface area contributed by atoms with Gasteiger partial charge in [0.2, 0.25) is 0 Å². The van der Waals surface area contributed by atoms with E-state index in [1.54, 1.807) is 12.1 Å². The summed E-state index contributed by atoms with van der Waals surface area (Å²) in [5, 5.41) is 5.54. The summed E-state index contributed by atoms with van der Waals surface area (Å²) in [6, 6.07) is 14.3. The second kappa shape index (κ2) is 6.32. The van der Waals surface area contributed by atoms with E-state index in [4.69, 9.17) is 0 Å². The molecule has 0 saturated carbocycles. The predicted octanol–water partition coefficient (Wildman–Crippen LogP) is 3.67. The van der Waals surface area contributed by atoms with Crippen LogP contribution in [0.15, 0.2) is 60.8 Å². The number of amides is 2. The van der Waals surface area contributed by atoms with Crippen LogP contribution in [0, 0.1) is 19.8 Å². The van der Waals surface area contributed by atoms with Gasteiger partial charge in [0.15, 0.2) is 5.78 Å². The van der Waals surface area contributed by atoms with Crippen LogP contribution in [-0.4, -0.2) is 11.8 Å². The highest BCUT2D eigenvalue weighted by Crippen LogP contribution is 2.33. The Morgan fingerprint density at radius 2 is 1.79 bits per heavy atom. The lowest BCUT2D eigenvalue weighted by Gasteiger charge is -2.34. The van der Waals surface area contributed by atoms with E-state index in [9.17, 15) is 9.59 Å². The molecule has 4 nitrogen and oxygen atoms in total. The quantitative estimate of drug-likeness (QED) is 0.848. The Hall–Kier alpha value is -2.88. The zero-order valence-electron chi connectivity index (χ0n) is 13.8. The highest BCUT2D eigenvalue weighted by molar-refractivity contribution is 6.01. The highest BCUT2D eigenvalue weighted by Gasteiger charge is 2.38. The van der Waals surface area contributed by atoms with Gasteiger partial charge in [-0.05, 0) is 25.0 Å². The van der Waals surface area contributed by atoms with Crippen molar-refractivity contribution in [3.05, 3.63) is 83.1 Å². The fourth-order valence-corrected chi connectivity index (χ4v) is 3.21. The van der Waals surface area contributed by atoms with E-state index in [0.29, 0.717) is 11.3 Å². The number of rotatable bonds is 3. The molecule has 0 aromatic heterocycles. The molecule has 1 heterocycles. The van der Waals surface area contributed by atoms with E-state index in [1.807, 2.05) is 44.2 Å². The topological polar surface area (TPSA) is 58.2 Å². The van der Waals surface area contributed by atoms with E-state index >= 15 is 0 Å². The summed E-state index contributed by atoms with van der Waals surface area (Å²) in [4.78, 5) is 25.0. The van der Waals surface area contributed by atoms with Gasteiger partial charge in [-0.25, -0.2) is 4.79 Å². The van der Waals surface area contributed by atoms with Crippen molar-refractivity contribution in [1.82, 2.24) is 10.6 Å². The number of carbonyl (C=O) groups is 2. The number of aryl methyl sites for hydroxylation is 2. The molecular weight excluding hydrogens is 300 g/mol. The number of Topliss-reactive ketones (excluding diaryl/α,β-unsaturated/α-hetero) is 1. The van der Waals surface area contributed by atoms with Crippen LogP contribution in [0.2, 0.25) is 0 Å². The molecule has 0 radical (unpaired) electrons. The summed E-state index contributed by atoms with van der Waals surface area (Å²) >= 11 is 0. The van der Waals surface area contributed by atoms with Crippen molar-refractivity contribution in [1.29, 1.82) is 0 Å². The molecule has 4 heteroatoms. The third-order valence-electron chi connectivity index (χ3n) is 4.37. The van der Waals surface area contributed by atoms with Gasteiger partial charge in [0, 0.05) is 11.3 Å². The second-order valence-corrected chi connectivity index (χ2v) is 6.17. The molecule has 0 spiro atoms. The van der Waals surface area contributed by atoms with Crippen LogP contribution in [0.1, 0.15) is 33.1 Å². The maximum Gasteiger partial charge on any atom is 0.319 e. The molecule has 2 N–H and O–H groups in total. The van der Waals surface area contributed by atoms with Crippen LogP contribution < -0.4 is 10.6 Å². The molecule has 0 bridgehead atoms. The van der Waals surface area contributed by atoms with Crippen molar-refractivity contribution in [2.45, 2.75) is 19.9 Å². The number of nitrogens with one attached hydrogen (secondary N) is 2. The monoisotopic (exact) mass is 320 g/mol. The van der Waals surface area contributed by atoms with E-state index in [-0.39, 0.29) is 11.8 Å². The summed E-state index contributed by atoms with van der Waals surface area (Å²) in [7, 11) is 0. The van der Waals surface area contributed by atoms with Crippen molar-refractivity contribution < 1.29 is 9.59 Å². The standard InChI is InChI=1S/C20H20N2O2/c1-12-9-10-16(13(2)11-12)18-17(14(3)21-20(24)22-18)19(23)15-7-5-4-6-8-15/h4-11,17-18H,3H2,1-2H3,(H2,21,22,24)/t17-,18-/m1/s1. The molecule has 24 heavy (non-hydrogen) atoms. The number of ketones is 1. The van der Waals surface area contributed by atoms with Crippen LogP contribution in [0.3, 0.4) is 0 Å².